The van der Waals surface area contributed by atoms with Gasteiger partial charge in [-0.2, -0.15) is 0 Å². The normalized spacial score (nSPS) is 13.0. The van der Waals surface area contributed by atoms with Crippen LogP contribution in [0.1, 0.15) is 23.1 Å². The van der Waals surface area contributed by atoms with E-state index < -0.39 is 0 Å². The molecule has 0 radical (unpaired) electrons. The summed E-state index contributed by atoms with van der Waals surface area (Å²) in [5, 5.41) is 0. The van der Waals surface area contributed by atoms with Gasteiger partial charge in [-0.1, -0.05) is 0 Å². The summed E-state index contributed by atoms with van der Waals surface area (Å²) in [6.45, 7) is 0. The van der Waals surface area contributed by atoms with Crippen LogP contribution in [-0.2, 0) is 25.9 Å². The summed E-state index contributed by atoms with van der Waals surface area (Å²) in [4.78, 5) is 0. The molecule has 0 aromatic heterocycles. The molecule has 4 rings (SSSR count). The Bertz CT molecular complexity index is 820. The van der Waals surface area contributed by atoms with Crippen LogP contribution in [0.5, 0.6) is 0 Å². The summed E-state index contributed by atoms with van der Waals surface area (Å²) >= 11 is 2.26. The molecule has 0 amide bonds. The molecule has 0 bridgehead atoms. The third kappa shape index (κ3) is 3.86. The van der Waals surface area contributed by atoms with E-state index in [0.29, 0.717) is 0 Å². The zero-order chi connectivity index (χ0) is 17.1. The van der Waals surface area contributed by atoms with Gasteiger partial charge in [0.1, 0.15) is 0 Å². The first-order valence-corrected chi connectivity index (χ1v) is 9.40. The van der Waals surface area contributed by atoms with Gasteiger partial charge < -0.3 is 0 Å². The average molecular weight is 428 g/mol. The van der Waals surface area contributed by atoms with Crippen molar-refractivity contribution in [1.29, 1.82) is 0 Å². The summed E-state index contributed by atoms with van der Waals surface area (Å²) in [6.07, 6.45) is 5.64. The molecule has 135 valence electrons. The number of allylic oxidation sites excluding steroid dienone is 4. The Morgan fingerprint density at radius 2 is 0.963 bits per heavy atom. The maximum absolute atomic E-state index is 2.32. The van der Waals surface area contributed by atoms with Gasteiger partial charge in [0.15, 0.2) is 0 Å². The van der Waals surface area contributed by atoms with Gasteiger partial charge in [-0.3, -0.25) is 0 Å². The molecule has 1 aliphatic rings. The molecule has 3 heteroatoms. The number of rotatable bonds is 4. The fourth-order valence-corrected chi connectivity index (χ4v) is 4.49. The van der Waals surface area contributed by atoms with Crippen molar-refractivity contribution >= 4 is 24.8 Å². The van der Waals surface area contributed by atoms with Crippen LogP contribution >= 0.6 is 24.8 Å². The SMILES string of the molecule is Cl.Cl.[Ti][C]1=C(C(c2ccccc2)(c2ccccc2)c2ccccc2)C=CC1. The molecule has 0 heterocycles. The van der Waals surface area contributed by atoms with Gasteiger partial charge in [0, 0.05) is 0 Å². The van der Waals surface area contributed by atoms with E-state index >= 15 is 0 Å². The predicted molar refractivity (Wildman–Crippen MR) is 114 cm³/mol. The van der Waals surface area contributed by atoms with E-state index in [4.69, 9.17) is 0 Å². The van der Waals surface area contributed by atoms with E-state index in [2.05, 4.69) is 124 Å². The topological polar surface area (TPSA) is 0 Å². The number of hydrogen-bond acceptors (Lipinski definition) is 0. The van der Waals surface area contributed by atoms with Crippen molar-refractivity contribution in [3.63, 3.8) is 0 Å². The molecule has 0 saturated carbocycles. The number of benzene rings is 3. The second-order valence-electron chi connectivity index (χ2n) is 6.35. The first kappa shape index (κ1) is 21.7. The van der Waals surface area contributed by atoms with Crippen molar-refractivity contribution < 1.29 is 20.4 Å². The standard InChI is InChI=1S/C24H19.2ClH.Ti/c1-4-12-20(13-5-1)24(23-18-10-11-19-23,21-14-6-2-7-15-21)22-16-8-3-9-17-22;;;/h1-10,12-18H,11H2;2*1H;. The van der Waals surface area contributed by atoms with E-state index in [1.54, 1.807) is 0 Å². The summed E-state index contributed by atoms with van der Waals surface area (Å²) < 4.78 is 1.44. The van der Waals surface area contributed by atoms with E-state index in [0.717, 1.165) is 6.42 Å². The van der Waals surface area contributed by atoms with Gasteiger partial charge in [-0.05, 0) is 0 Å². The van der Waals surface area contributed by atoms with Gasteiger partial charge >= 0.3 is 162 Å². The van der Waals surface area contributed by atoms with Crippen molar-refractivity contribution in [3.8, 4) is 0 Å². The second-order valence-corrected chi connectivity index (χ2v) is 7.29. The van der Waals surface area contributed by atoms with Crippen LogP contribution in [0.15, 0.2) is 113 Å². The van der Waals surface area contributed by atoms with Crippen LogP contribution in [0.3, 0.4) is 0 Å². The quantitative estimate of drug-likeness (QED) is 0.324. The van der Waals surface area contributed by atoms with Gasteiger partial charge in [-0.15, -0.1) is 24.8 Å². The van der Waals surface area contributed by atoms with Crippen molar-refractivity contribution in [1.82, 2.24) is 0 Å². The Labute approximate surface area is 185 Å². The van der Waals surface area contributed by atoms with Crippen LogP contribution in [0.4, 0.5) is 0 Å². The Kier molecular flexibility index (Phi) is 7.71. The van der Waals surface area contributed by atoms with E-state index in [-0.39, 0.29) is 30.2 Å². The molecule has 0 nitrogen and oxygen atoms in total. The number of hydrogen-bond donors (Lipinski definition) is 0. The van der Waals surface area contributed by atoms with Crippen LogP contribution < -0.4 is 0 Å². The van der Waals surface area contributed by atoms with Crippen LogP contribution in [0, 0.1) is 0 Å². The molecule has 0 spiro atoms. The molecule has 0 saturated heterocycles. The molecule has 3 aromatic carbocycles. The molecule has 0 atom stereocenters. The van der Waals surface area contributed by atoms with Gasteiger partial charge in [0.05, 0.1) is 0 Å². The fourth-order valence-electron chi connectivity index (χ4n) is 3.89. The molecule has 3 aromatic rings. The Hall–Kier alpha value is -1.57. The van der Waals surface area contributed by atoms with Crippen LogP contribution in [-0.4, -0.2) is 0 Å². The monoisotopic (exact) mass is 427 g/mol. The minimum atomic E-state index is -0.277. The Morgan fingerprint density at radius 1 is 0.593 bits per heavy atom. The van der Waals surface area contributed by atoms with Crippen molar-refractivity contribution in [2.24, 2.45) is 0 Å². The van der Waals surface area contributed by atoms with Crippen LogP contribution in [0.2, 0.25) is 0 Å². The molecular formula is C24H21Cl2Ti. The van der Waals surface area contributed by atoms with Crippen LogP contribution in [0.25, 0.3) is 0 Å². The summed E-state index contributed by atoms with van der Waals surface area (Å²) in [5.41, 5.74) is 5.06. The minimum absolute atomic E-state index is 0. The first-order chi connectivity index (χ1) is 12.3. The van der Waals surface area contributed by atoms with E-state index in [1.807, 2.05) is 0 Å². The van der Waals surface area contributed by atoms with E-state index in [9.17, 15) is 0 Å². The summed E-state index contributed by atoms with van der Waals surface area (Å²) in [6, 6.07) is 32.7. The van der Waals surface area contributed by atoms with Gasteiger partial charge in [0.2, 0.25) is 0 Å². The summed E-state index contributed by atoms with van der Waals surface area (Å²) in [7, 11) is 0. The second kappa shape index (κ2) is 9.58. The first-order valence-electron chi connectivity index (χ1n) is 8.62. The fraction of sp³-hybridized carbons (Fsp3) is 0.0833. The zero-order valence-corrected chi connectivity index (χ0v) is 18.0. The van der Waals surface area contributed by atoms with Gasteiger partial charge in [0.25, 0.3) is 0 Å². The molecule has 1 aliphatic carbocycles. The molecule has 0 N–H and O–H groups in total. The Balaban J connectivity index is 0.00000131. The predicted octanol–water partition coefficient (Wildman–Crippen LogP) is 6.63. The third-order valence-corrected chi connectivity index (χ3v) is 5.70. The molecule has 0 aliphatic heterocycles. The Morgan fingerprint density at radius 3 is 1.26 bits per heavy atom. The number of halogens is 2. The van der Waals surface area contributed by atoms with Crippen molar-refractivity contribution in [2.75, 3.05) is 0 Å². The van der Waals surface area contributed by atoms with Gasteiger partial charge in [-0.25, -0.2) is 0 Å². The van der Waals surface area contributed by atoms with Crippen molar-refractivity contribution in [3.05, 3.63) is 129 Å². The van der Waals surface area contributed by atoms with Crippen molar-refractivity contribution in [2.45, 2.75) is 11.8 Å². The zero-order valence-electron chi connectivity index (χ0n) is 14.8. The maximum atomic E-state index is 2.32. The van der Waals surface area contributed by atoms with E-state index in [1.165, 1.54) is 26.1 Å². The molecular weight excluding hydrogens is 407 g/mol. The average Bonchev–Trinajstić information content (AvgIpc) is 3.12. The molecule has 0 fully saturated rings. The molecule has 27 heavy (non-hydrogen) atoms. The summed E-state index contributed by atoms with van der Waals surface area (Å²) in [5.74, 6) is 0. The third-order valence-electron chi connectivity index (χ3n) is 4.96. The molecule has 0 unspecified atom stereocenters.